The van der Waals surface area contributed by atoms with E-state index in [1.54, 1.807) is 0 Å². The van der Waals surface area contributed by atoms with Crippen molar-refractivity contribution in [2.45, 2.75) is 0 Å². The molecule has 0 atom stereocenters. The van der Waals surface area contributed by atoms with Gasteiger partial charge in [0.05, 0.1) is 45.5 Å². The summed E-state index contributed by atoms with van der Waals surface area (Å²) < 4.78 is 0. The van der Waals surface area contributed by atoms with E-state index < -0.39 is 0 Å². The van der Waals surface area contributed by atoms with Crippen LogP contribution < -0.4 is 19.6 Å². The van der Waals surface area contributed by atoms with Gasteiger partial charge in [0, 0.05) is 25.5 Å². The standard InChI is InChI=1S/C72H50N4/c1-73-63-25-7-11-29-67(63)75(68-30-12-8-26-64(68)73)53-41-43-59-61(45-53)71(51-37-33-49(34-38-51)57-23-15-19-47-17-3-5-21-55(47)57)60-44-42-54(76-69-31-13-9-27-65(69)74(2)66-28-10-14-32-70(66)76)46-62(60)72(59)52-39-35-50(36-40-52)58-24-16-20-48-18-4-6-22-56(48)58/h3-46H,1-2H3. The molecule has 13 aromatic carbocycles. The van der Waals surface area contributed by atoms with Gasteiger partial charge in [-0.2, -0.15) is 0 Å². The second kappa shape index (κ2) is 17.4. The molecular weight excluding hydrogens is 921 g/mol. The van der Waals surface area contributed by atoms with Crippen LogP contribution in [0.25, 0.3) is 87.6 Å². The predicted molar refractivity (Wildman–Crippen MR) is 324 cm³/mol. The lowest BCUT2D eigenvalue weighted by atomic mass is 9.84. The minimum Gasteiger partial charge on any atom is -0.341 e. The highest BCUT2D eigenvalue weighted by atomic mass is 15.3. The lowest BCUT2D eigenvalue weighted by Crippen LogP contribution is -2.24. The number of nitrogens with zero attached hydrogens (tertiary/aromatic N) is 4. The van der Waals surface area contributed by atoms with Gasteiger partial charge in [-0.3, -0.25) is 0 Å². The van der Waals surface area contributed by atoms with Crippen LogP contribution in [0.4, 0.5) is 56.9 Å². The van der Waals surface area contributed by atoms with Crippen molar-refractivity contribution in [2.75, 3.05) is 33.7 Å². The minimum atomic E-state index is 1.10. The number of hydrogen-bond acceptors (Lipinski definition) is 4. The normalized spacial score (nSPS) is 12.8. The molecule has 0 radical (unpaired) electrons. The summed E-state index contributed by atoms with van der Waals surface area (Å²) in [5, 5.41) is 9.73. The summed E-state index contributed by atoms with van der Waals surface area (Å²) >= 11 is 0. The van der Waals surface area contributed by atoms with Gasteiger partial charge in [0.2, 0.25) is 0 Å². The number of benzene rings is 13. The lowest BCUT2D eigenvalue weighted by molar-refractivity contribution is 1.13. The van der Waals surface area contributed by atoms with Gasteiger partial charge in [-0.15, -0.1) is 0 Å². The molecule has 0 bridgehead atoms. The third-order valence-electron chi connectivity index (χ3n) is 16.1. The Bertz CT molecular complexity index is 4070. The van der Waals surface area contributed by atoms with E-state index in [4.69, 9.17) is 0 Å². The Kier molecular flexibility index (Phi) is 9.98. The van der Waals surface area contributed by atoms with Crippen molar-refractivity contribution in [1.29, 1.82) is 0 Å². The first kappa shape index (κ1) is 43.7. The number of anilines is 10. The summed E-state index contributed by atoms with van der Waals surface area (Å²) in [6.07, 6.45) is 0. The number of rotatable bonds is 6. The summed E-state index contributed by atoms with van der Waals surface area (Å²) in [7, 11) is 4.35. The second-order valence-corrected chi connectivity index (χ2v) is 20.2. The van der Waals surface area contributed by atoms with Crippen LogP contribution in [0.2, 0.25) is 0 Å². The van der Waals surface area contributed by atoms with Gasteiger partial charge in [0.1, 0.15) is 0 Å². The summed E-state index contributed by atoms with van der Waals surface area (Å²) in [5.41, 5.74) is 21.0. The molecule has 76 heavy (non-hydrogen) atoms. The minimum absolute atomic E-state index is 1.10. The first-order chi connectivity index (χ1) is 37.6. The zero-order valence-corrected chi connectivity index (χ0v) is 42.2. The molecule has 0 spiro atoms. The molecule has 0 saturated carbocycles. The van der Waals surface area contributed by atoms with Crippen molar-refractivity contribution in [3.8, 4) is 44.5 Å². The van der Waals surface area contributed by atoms with E-state index in [0.29, 0.717) is 0 Å². The summed E-state index contributed by atoms with van der Waals surface area (Å²) in [5.74, 6) is 0. The average Bonchev–Trinajstić information content (AvgIpc) is 3.50. The van der Waals surface area contributed by atoms with Crippen molar-refractivity contribution in [3.05, 3.63) is 267 Å². The van der Waals surface area contributed by atoms with Crippen LogP contribution in [0.1, 0.15) is 0 Å². The first-order valence-electron chi connectivity index (χ1n) is 26.2. The highest BCUT2D eigenvalue weighted by Gasteiger charge is 2.30. The Balaban J connectivity index is 1.02. The van der Waals surface area contributed by atoms with Crippen LogP contribution in [0.3, 0.4) is 0 Å². The predicted octanol–water partition coefficient (Wildman–Crippen LogP) is 20.1. The number of fused-ring (bicyclic) bond motifs is 8. The Labute approximate surface area is 442 Å². The molecule has 0 aliphatic carbocycles. The summed E-state index contributed by atoms with van der Waals surface area (Å²) in [6, 6.07) is 98.7. The van der Waals surface area contributed by atoms with E-state index in [-0.39, 0.29) is 0 Å². The quantitative estimate of drug-likeness (QED) is 0.154. The van der Waals surface area contributed by atoms with Gasteiger partial charge >= 0.3 is 0 Å². The third kappa shape index (κ3) is 6.77. The number of para-hydroxylation sites is 8. The molecule has 358 valence electrons. The summed E-state index contributed by atoms with van der Waals surface area (Å²) in [6.45, 7) is 0. The van der Waals surface area contributed by atoms with Crippen LogP contribution >= 0.6 is 0 Å². The highest BCUT2D eigenvalue weighted by Crippen LogP contribution is 2.55. The maximum Gasteiger partial charge on any atom is 0.0699 e. The Hall–Kier alpha value is -9.90. The second-order valence-electron chi connectivity index (χ2n) is 20.2. The van der Waals surface area contributed by atoms with E-state index in [1.165, 1.54) is 76.5 Å². The molecule has 0 unspecified atom stereocenters. The van der Waals surface area contributed by atoms with Crippen LogP contribution in [0.15, 0.2) is 267 Å². The zero-order chi connectivity index (χ0) is 50.4. The van der Waals surface area contributed by atoms with Crippen LogP contribution in [0, 0.1) is 0 Å². The monoisotopic (exact) mass is 970 g/mol. The maximum absolute atomic E-state index is 2.45. The lowest BCUT2D eigenvalue weighted by Gasteiger charge is -2.39. The fourth-order valence-corrected chi connectivity index (χ4v) is 12.5. The molecule has 4 nitrogen and oxygen atoms in total. The van der Waals surface area contributed by atoms with E-state index >= 15 is 0 Å². The molecule has 13 aromatic rings. The molecule has 2 aliphatic rings. The van der Waals surface area contributed by atoms with Crippen molar-refractivity contribution < 1.29 is 0 Å². The average molecular weight is 971 g/mol. The smallest absolute Gasteiger partial charge is 0.0699 e. The van der Waals surface area contributed by atoms with E-state index in [9.17, 15) is 0 Å². The van der Waals surface area contributed by atoms with Gasteiger partial charge in [0.15, 0.2) is 0 Å². The fourth-order valence-electron chi connectivity index (χ4n) is 12.5. The van der Waals surface area contributed by atoms with Crippen LogP contribution in [-0.4, -0.2) is 14.1 Å². The van der Waals surface area contributed by atoms with Crippen LogP contribution in [0.5, 0.6) is 0 Å². The molecule has 0 saturated heterocycles. The Morgan fingerprint density at radius 1 is 0.224 bits per heavy atom. The van der Waals surface area contributed by atoms with Gasteiger partial charge in [-0.25, -0.2) is 0 Å². The topological polar surface area (TPSA) is 13.0 Å². The molecule has 0 N–H and O–H groups in total. The van der Waals surface area contributed by atoms with E-state index in [2.05, 4.69) is 301 Å². The van der Waals surface area contributed by atoms with Gasteiger partial charge < -0.3 is 19.6 Å². The molecular formula is C72H50N4. The Morgan fingerprint density at radius 2 is 0.526 bits per heavy atom. The molecule has 15 rings (SSSR count). The summed E-state index contributed by atoms with van der Waals surface area (Å²) in [4.78, 5) is 9.53. The maximum atomic E-state index is 2.45. The largest absolute Gasteiger partial charge is 0.341 e. The Morgan fingerprint density at radius 3 is 0.895 bits per heavy atom. The van der Waals surface area contributed by atoms with Crippen molar-refractivity contribution in [3.63, 3.8) is 0 Å². The van der Waals surface area contributed by atoms with E-state index in [1.807, 2.05) is 0 Å². The molecule has 2 aliphatic heterocycles. The highest BCUT2D eigenvalue weighted by molar-refractivity contribution is 6.23. The first-order valence-corrected chi connectivity index (χ1v) is 26.2. The third-order valence-corrected chi connectivity index (χ3v) is 16.1. The molecule has 2 heterocycles. The van der Waals surface area contributed by atoms with Gasteiger partial charge in [0.25, 0.3) is 0 Å². The van der Waals surface area contributed by atoms with Crippen LogP contribution in [-0.2, 0) is 0 Å². The number of hydrogen-bond donors (Lipinski definition) is 0. The van der Waals surface area contributed by atoms with Crippen molar-refractivity contribution in [1.82, 2.24) is 0 Å². The van der Waals surface area contributed by atoms with Gasteiger partial charge in [-0.05, 0) is 160 Å². The van der Waals surface area contributed by atoms with Crippen molar-refractivity contribution in [2.24, 2.45) is 0 Å². The molecule has 0 fully saturated rings. The fraction of sp³-hybridized carbons (Fsp3) is 0.0278. The zero-order valence-electron chi connectivity index (χ0n) is 42.2. The van der Waals surface area contributed by atoms with Gasteiger partial charge in [-0.1, -0.05) is 194 Å². The van der Waals surface area contributed by atoms with Crippen molar-refractivity contribution >= 4 is 100.0 Å². The SMILES string of the molecule is CN1c2ccccc2N(c2ccc3c(-c4ccc(-c5cccc6ccccc56)cc4)c4cc(N5c6ccccc6N(C)c6ccccc65)ccc4c(-c4ccc(-c5cccc6ccccc56)cc4)c3c2)c2ccccc21. The van der Waals surface area contributed by atoms with E-state index in [0.717, 1.165) is 68.0 Å². The molecule has 4 heteroatoms. The molecule has 0 amide bonds. The molecule has 0 aromatic heterocycles.